The zero-order valence-corrected chi connectivity index (χ0v) is 16.2. The number of halogens is 1. The highest BCUT2D eigenvalue weighted by atomic mass is 35.5. The number of alkyl halides is 1. The number of nitrogens with zero attached hydrogens (tertiary/aromatic N) is 1. The Kier molecular flexibility index (Phi) is 10.1. The Balaban J connectivity index is 2.65. The van der Waals surface area contributed by atoms with Crippen molar-refractivity contribution in [2.45, 2.75) is 19.8 Å². The van der Waals surface area contributed by atoms with Crippen LogP contribution in [0.25, 0.3) is 0 Å². The summed E-state index contributed by atoms with van der Waals surface area (Å²) >= 11 is 5.70. The van der Waals surface area contributed by atoms with Crippen LogP contribution in [-0.4, -0.2) is 64.3 Å². The number of esters is 1. The number of carbonyl (C=O) groups is 1. The molecule has 0 aromatic heterocycles. The quantitative estimate of drug-likeness (QED) is 0.318. The van der Waals surface area contributed by atoms with Gasteiger partial charge in [-0.3, -0.25) is 0 Å². The molecule has 1 aromatic carbocycles. The molecule has 0 atom stereocenters. The number of ether oxygens (including phenoxy) is 4. The molecule has 1 aromatic rings. The highest BCUT2D eigenvalue weighted by Crippen LogP contribution is 2.38. The second-order valence-electron chi connectivity index (χ2n) is 5.38. The molecule has 142 valence electrons. The average Bonchev–Trinajstić information content (AvgIpc) is 2.65. The first-order valence-electron chi connectivity index (χ1n) is 8.36. The van der Waals surface area contributed by atoms with Crippen LogP contribution in [0.4, 0.5) is 0 Å². The van der Waals surface area contributed by atoms with Crippen LogP contribution in [0.3, 0.4) is 0 Å². The average molecular weight is 374 g/mol. The van der Waals surface area contributed by atoms with Gasteiger partial charge in [0.05, 0.1) is 26.9 Å². The van der Waals surface area contributed by atoms with E-state index in [-0.39, 0.29) is 0 Å². The fourth-order valence-corrected chi connectivity index (χ4v) is 2.60. The molecular weight excluding hydrogens is 346 g/mol. The van der Waals surface area contributed by atoms with Crippen LogP contribution in [0.2, 0.25) is 0 Å². The Morgan fingerprint density at radius 2 is 1.68 bits per heavy atom. The topological polar surface area (TPSA) is 57.2 Å². The summed E-state index contributed by atoms with van der Waals surface area (Å²) in [6, 6.07) is 3.17. The van der Waals surface area contributed by atoms with E-state index in [4.69, 9.17) is 30.5 Å². The number of likely N-dealkylation sites (N-methyl/N-ethyl adjacent to an activating group) is 1. The second-order valence-corrected chi connectivity index (χ2v) is 5.76. The second kappa shape index (κ2) is 11.8. The summed E-state index contributed by atoms with van der Waals surface area (Å²) in [7, 11) is 4.53. The molecular formula is C18H28ClNO5. The molecule has 25 heavy (non-hydrogen) atoms. The van der Waals surface area contributed by atoms with Crippen molar-refractivity contribution >= 4 is 17.6 Å². The van der Waals surface area contributed by atoms with Crippen molar-refractivity contribution in [2.75, 3.05) is 53.5 Å². The molecule has 0 saturated carbocycles. The van der Waals surface area contributed by atoms with Crippen LogP contribution < -0.4 is 14.2 Å². The summed E-state index contributed by atoms with van der Waals surface area (Å²) in [5, 5.41) is 0. The van der Waals surface area contributed by atoms with E-state index in [0.29, 0.717) is 41.8 Å². The lowest BCUT2D eigenvalue weighted by atomic mass is 10.2. The third kappa shape index (κ3) is 6.63. The molecule has 1 rings (SSSR count). The maximum atomic E-state index is 12.3. The van der Waals surface area contributed by atoms with E-state index in [1.807, 2.05) is 0 Å². The van der Waals surface area contributed by atoms with Crippen molar-refractivity contribution in [1.29, 1.82) is 0 Å². The van der Waals surface area contributed by atoms with E-state index in [2.05, 4.69) is 11.8 Å². The fourth-order valence-electron chi connectivity index (χ4n) is 2.41. The minimum absolute atomic E-state index is 0.324. The van der Waals surface area contributed by atoms with E-state index in [0.717, 1.165) is 25.9 Å². The van der Waals surface area contributed by atoms with Gasteiger partial charge < -0.3 is 23.8 Å². The number of methoxy groups -OCH3 is 3. The minimum atomic E-state index is -0.420. The summed E-state index contributed by atoms with van der Waals surface area (Å²) in [5.74, 6) is 1.54. The molecule has 0 spiro atoms. The van der Waals surface area contributed by atoms with Crippen LogP contribution in [-0.2, 0) is 4.74 Å². The molecule has 0 aliphatic heterocycles. The smallest absolute Gasteiger partial charge is 0.338 e. The maximum Gasteiger partial charge on any atom is 0.338 e. The lowest BCUT2D eigenvalue weighted by molar-refractivity contribution is 0.0462. The predicted molar refractivity (Wildman–Crippen MR) is 98.4 cm³/mol. The van der Waals surface area contributed by atoms with Gasteiger partial charge in [-0.05, 0) is 38.1 Å². The Labute approximate surface area is 154 Å². The Morgan fingerprint density at radius 1 is 1.04 bits per heavy atom. The molecule has 7 heteroatoms. The Morgan fingerprint density at radius 3 is 2.16 bits per heavy atom. The number of rotatable bonds is 12. The standard InChI is InChI=1S/C18H28ClNO5/c1-5-20(9-7-6-8-19)10-11-25-18(21)14-12-15(22-2)17(24-4)16(13-14)23-3/h12-13H,5-11H2,1-4H3. The van der Waals surface area contributed by atoms with E-state index in [1.165, 1.54) is 21.3 Å². The molecule has 0 heterocycles. The molecule has 0 bridgehead atoms. The van der Waals surface area contributed by atoms with E-state index in [1.54, 1.807) is 12.1 Å². The number of unbranched alkanes of at least 4 members (excludes halogenated alkanes) is 1. The van der Waals surface area contributed by atoms with Crippen molar-refractivity contribution in [3.8, 4) is 17.2 Å². The number of carbonyl (C=O) groups excluding carboxylic acids is 1. The molecule has 0 unspecified atom stereocenters. The monoisotopic (exact) mass is 373 g/mol. The minimum Gasteiger partial charge on any atom is -0.493 e. The zero-order valence-electron chi connectivity index (χ0n) is 15.5. The van der Waals surface area contributed by atoms with Gasteiger partial charge >= 0.3 is 5.97 Å². The highest BCUT2D eigenvalue weighted by Gasteiger charge is 2.18. The summed E-state index contributed by atoms with van der Waals surface area (Å²) in [5.41, 5.74) is 0.361. The van der Waals surface area contributed by atoms with Crippen LogP contribution in [0.15, 0.2) is 12.1 Å². The van der Waals surface area contributed by atoms with Crippen molar-refractivity contribution in [3.05, 3.63) is 17.7 Å². The number of benzene rings is 1. The van der Waals surface area contributed by atoms with Gasteiger partial charge in [0.15, 0.2) is 11.5 Å². The lowest BCUT2D eigenvalue weighted by Gasteiger charge is -2.20. The molecule has 0 fully saturated rings. The van der Waals surface area contributed by atoms with Gasteiger partial charge in [-0.15, -0.1) is 11.6 Å². The Bertz CT molecular complexity index is 513. The summed E-state index contributed by atoms with van der Waals surface area (Å²) in [4.78, 5) is 14.5. The van der Waals surface area contributed by atoms with E-state index in [9.17, 15) is 4.79 Å². The molecule has 0 radical (unpaired) electrons. The molecule has 0 amide bonds. The maximum absolute atomic E-state index is 12.3. The predicted octanol–water partition coefficient (Wildman–Crippen LogP) is 3.21. The first-order valence-corrected chi connectivity index (χ1v) is 8.90. The number of hydrogen-bond donors (Lipinski definition) is 0. The molecule has 0 aliphatic rings. The van der Waals surface area contributed by atoms with Crippen molar-refractivity contribution in [1.82, 2.24) is 4.90 Å². The van der Waals surface area contributed by atoms with Gasteiger partial charge in [0.25, 0.3) is 0 Å². The largest absolute Gasteiger partial charge is 0.493 e. The van der Waals surface area contributed by atoms with Gasteiger partial charge in [-0.25, -0.2) is 4.79 Å². The van der Waals surface area contributed by atoms with Gasteiger partial charge in [-0.1, -0.05) is 6.92 Å². The summed E-state index contributed by atoms with van der Waals surface area (Å²) < 4.78 is 21.1. The SMILES string of the molecule is CCN(CCCCCl)CCOC(=O)c1cc(OC)c(OC)c(OC)c1. The fraction of sp³-hybridized carbons (Fsp3) is 0.611. The first-order chi connectivity index (χ1) is 12.1. The van der Waals surface area contributed by atoms with Gasteiger partial charge in [0.2, 0.25) is 5.75 Å². The van der Waals surface area contributed by atoms with E-state index < -0.39 is 5.97 Å². The first kappa shape index (κ1) is 21.4. The van der Waals surface area contributed by atoms with Crippen LogP contribution >= 0.6 is 11.6 Å². The lowest BCUT2D eigenvalue weighted by Crippen LogP contribution is -2.29. The number of hydrogen-bond acceptors (Lipinski definition) is 6. The third-order valence-corrected chi connectivity index (χ3v) is 4.11. The molecule has 0 saturated heterocycles. The van der Waals surface area contributed by atoms with Crippen LogP contribution in [0.5, 0.6) is 17.2 Å². The van der Waals surface area contributed by atoms with Gasteiger partial charge in [-0.2, -0.15) is 0 Å². The van der Waals surface area contributed by atoms with E-state index >= 15 is 0 Å². The van der Waals surface area contributed by atoms with Crippen LogP contribution in [0, 0.1) is 0 Å². The molecule has 0 aliphatic carbocycles. The van der Waals surface area contributed by atoms with Gasteiger partial charge in [0, 0.05) is 12.4 Å². The highest BCUT2D eigenvalue weighted by molar-refractivity contribution is 6.17. The molecule has 0 N–H and O–H groups in total. The van der Waals surface area contributed by atoms with Crippen molar-refractivity contribution in [2.24, 2.45) is 0 Å². The third-order valence-electron chi connectivity index (χ3n) is 3.85. The zero-order chi connectivity index (χ0) is 18.7. The summed E-state index contributed by atoms with van der Waals surface area (Å²) in [6.45, 7) is 4.95. The Hall–Kier alpha value is -1.66. The normalized spacial score (nSPS) is 10.6. The summed E-state index contributed by atoms with van der Waals surface area (Å²) in [6.07, 6.45) is 2.03. The van der Waals surface area contributed by atoms with Crippen molar-refractivity contribution in [3.63, 3.8) is 0 Å². The van der Waals surface area contributed by atoms with Gasteiger partial charge in [0.1, 0.15) is 6.61 Å². The van der Waals surface area contributed by atoms with Crippen LogP contribution in [0.1, 0.15) is 30.1 Å². The van der Waals surface area contributed by atoms with Crippen molar-refractivity contribution < 1.29 is 23.7 Å². The molecule has 6 nitrogen and oxygen atoms in total.